The molecule has 0 radical (unpaired) electrons. The lowest BCUT2D eigenvalue weighted by Gasteiger charge is -2.20. The summed E-state index contributed by atoms with van der Waals surface area (Å²) in [4.78, 5) is 19.3. The first-order valence-corrected chi connectivity index (χ1v) is 8.07. The molecule has 1 aromatic rings. The van der Waals surface area contributed by atoms with E-state index in [0.29, 0.717) is 24.1 Å². The molecule has 2 aliphatic heterocycles. The molecule has 2 saturated heterocycles. The molecular weight excluding hydrogens is 288 g/mol. The summed E-state index contributed by atoms with van der Waals surface area (Å²) in [6, 6.07) is 0. The van der Waals surface area contributed by atoms with Crippen LogP contribution in [0.1, 0.15) is 30.1 Å². The quantitative estimate of drug-likeness (QED) is 0.861. The number of thiazole rings is 1. The van der Waals surface area contributed by atoms with Gasteiger partial charge in [0.2, 0.25) is 5.91 Å². The van der Waals surface area contributed by atoms with Crippen LogP contribution in [0.2, 0.25) is 0 Å². The molecule has 1 aromatic heterocycles. The smallest absolute Gasteiger partial charge is 0.231 e. The number of hydrogen-bond donors (Lipinski definition) is 1. The van der Waals surface area contributed by atoms with Crippen molar-refractivity contribution in [3.05, 3.63) is 11.1 Å². The number of nitrogens with zero attached hydrogens (tertiary/aromatic N) is 3. The standard InChI is InChI=1S/C14H18N4O2S/c15-9-18-4-1-11(8-18)13(19)17-14-16-7-12(21-14)10-2-5-20-6-3-10/h7,10-11H,1-6,8H2,(H,16,17,19). The molecule has 1 unspecified atom stereocenters. The molecule has 1 atom stereocenters. The Morgan fingerprint density at radius 3 is 3.00 bits per heavy atom. The Kier molecular flexibility index (Phi) is 4.36. The number of ether oxygens (including phenoxy) is 1. The zero-order chi connectivity index (χ0) is 14.7. The number of hydrogen-bond acceptors (Lipinski definition) is 6. The lowest BCUT2D eigenvalue weighted by molar-refractivity contribution is -0.119. The van der Waals surface area contributed by atoms with E-state index < -0.39 is 0 Å². The van der Waals surface area contributed by atoms with Gasteiger partial charge >= 0.3 is 0 Å². The fraction of sp³-hybridized carbons (Fsp3) is 0.643. The van der Waals surface area contributed by atoms with E-state index in [9.17, 15) is 4.79 Å². The first kappa shape index (κ1) is 14.3. The minimum absolute atomic E-state index is 0.0272. The molecule has 112 valence electrons. The predicted molar refractivity (Wildman–Crippen MR) is 78.8 cm³/mol. The van der Waals surface area contributed by atoms with E-state index in [1.807, 2.05) is 6.20 Å². The SMILES string of the molecule is N#CN1CCC(C(=O)Nc2ncc(C3CCOCC3)s2)C1. The zero-order valence-electron chi connectivity index (χ0n) is 11.7. The summed E-state index contributed by atoms with van der Waals surface area (Å²) in [6.45, 7) is 2.78. The van der Waals surface area contributed by atoms with Gasteiger partial charge < -0.3 is 15.0 Å². The molecule has 0 saturated carbocycles. The molecule has 3 rings (SSSR count). The number of nitriles is 1. The van der Waals surface area contributed by atoms with E-state index in [-0.39, 0.29) is 11.8 Å². The summed E-state index contributed by atoms with van der Waals surface area (Å²) in [5, 5.41) is 12.4. The van der Waals surface area contributed by atoms with Crippen molar-refractivity contribution in [3.8, 4) is 6.19 Å². The Bertz CT molecular complexity index is 547. The summed E-state index contributed by atoms with van der Waals surface area (Å²) < 4.78 is 5.36. The van der Waals surface area contributed by atoms with Crippen LogP contribution in [0.5, 0.6) is 0 Å². The monoisotopic (exact) mass is 306 g/mol. The van der Waals surface area contributed by atoms with Gasteiger partial charge in [0.1, 0.15) is 0 Å². The van der Waals surface area contributed by atoms with Gasteiger partial charge in [-0.3, -0.25) is 4.79 Å². The highest BCUT2D eigenvalue weighted by atomic mass is 32.1. The fourth-order valence-electron chi connectivity index (χ4n) is 2.79. The van der Waals surface area contributed by atoms with Crippen molar-refractivity contribution in [1.29, 1.82) is 5.26 Å². The van der Waals surface area contributed by atoms with Crippen molar-refractivity contribution in [2.45, 2.75) is 25.2 Å². The van der Waals surface area contributed by atoms with Gasteiger partial charge in [-0.05, 0) is 25.2 Å². The molecule has 0 aliphatic carbocycles. The number of nitrogens with one attached hydrogen (secondary N) is 1. The average molecular weight is 306 g/mol. The third kappa shape index (κ3) is 3.34. The number of likely N-dealkylation sites (tertiary alicyclic amines) is 1. The maximum atomic E-state index is 12.2. The van der Waals surface area contributed by atoms with Crippen LogP contribution < -0.4 is 5.32 Å². The van der Waals surface area contributed by atoms with Crippen LogP contribution in [0.4, 0.5) is 5.13 Å². The van der Waals surface area contributed by atoms with Gasteiger partial charge in [0.15, 0.2) is 11.3 Å². The van der Waals surface area contributed by atoms with Crippen molar-refractivity contribution in [3.63, 3.8) is 0 Å². The van der Waals surface area contributed by atoms with E-state index in [2.05, 4.69) is 16.5 Å². The summed E-state index contributed by atoms with van der Waals surface area (Å²) in [5.74, 6) is 0.364. The van der Waals surface area contributed by atoms with E-state index in [4.69, 9.17) is 10.00 Å². The minimum Gasteiger partial charge on any atom is -0.381 e. The highest BCUT2D eigenvalue weighted by Crippen LogP contribution is 2.33. The lowest BCUT2D eigenvalue weighted by Crippen LogP contribution is -2.25. The number of carbonyl (C=O) groups is 1. The van der Waals surface area contributed by atoms with Gasteiger partial charge in [0.25, 0.3) is 0 Å². The van der Waals surface area contributed by atoms with Crippen LogP contribution in [-0.4, -0.2) is 42.1 Å². The van der Waals surface area contributed by atoms with Gasteiger partial charge in [0, 0.05) is 37.4 Å². The van der Waals surface area contributed by atoms with Gasteiger partial charge in [-0.25, -0.2) is 4.98 Å². The van der Waals surface area contributed by atoms with Crippen LogP contribution in [0.25, 0.3) is 0 Å². The first-order chi connectivity index (χ1) is 10.3. The minimum atomic E-state index is -0.111. The normalized spacial score (nSPS) is 23.0. The maximum absolute atomic E-state index is 12.2. The van der Waals surface area contributed by atoms with Crippen molar-refractivity contribution < 1.29 is 9.53 Å². The molecule has 2 fully saturated rings. The van der Waals surface area contributed by atoms with Crippen molar-refractivity contribution in [1.82, 2.24) is 9.88 Å². The second-order valence-corrected chi connectivity index (χ2v) is 6.54. The Morgan fingerprint density at radius 1 is 1.48 bits per heavy atom. The highest BCUT2D eigenvalue weighted by Gasteiger charge is 2.28. The Hall–Kier alpha value is -1.65. The van der Waals surface area contributed by atoms with Crippen molar-refractivity contribution in [2.24, 2.45) is 5.92 Å². The van der Waals surface area contributed by atoms with Crippen LogP contribution in [-0.2, 0) is 9.53 Å². The Labute approximate surface area is 127 Å². The number of anilines is 1. The topological polar surface area (TPSA) is 78.3 Å². The summed E-state index contributed by atoms with van der Waals surface area (Å²) in [5.41, 5.74) is 0. The van der Waals surface area contributed by atoms with Gasteiger partial charge in [-0.15, -0.1) is 11.3 Å². The molecule has 21 heavy (non-hydrogen) atoms. The predicted octanol–water partition coefficient (Wildman–Crippen LogP) is 1.78. The van der Waals surface area contributed by atoms with E-state index in [1.165, 1.54) is 4.88 Å². The molecule has 6 nitrogen and oxygen atoms in total. The number of aromatic nitrogens is 1. The molecule has 0 bridgehead atoms. The number of rotatable bonds is 3. The molecule has 0 aromatic carbocycles. The number of carbonyl (C=O) groups excluding carboxylic acids is 1. The van der Waals surface area contributed by atoms with Crippen molar-refractivity contribution >= 4 is 22.4 Å². The number of amides is 1. The largest absolute Gasteiger partial charge is 0.381 e. The second-order valence-electron chi connectivity index (χ2n) is 5.48. The van der Waals surface area contributed by atoms with E-state index >= 15 is 0 Å². The first-order valence-electron chi connectivity index (χ1n) is 7.25. The van der Waals surface area contributed by atoms with Crippen LogP contribution >= 0.6 is 11.3 Å². The third-order valence-corrected chi connectivity index (χ3v) is 5.15. The van der Waals surface area contributed by atoms with E-state index in [0.717, 1.165) is 32.5 Å². The maximum Gasteiger partial charge on any atom is 0.231 e. The van der Waals surface area contributed by atoms with Gasteiger partial charge in [0.05, 0.1) is 5.92 Å². The fourth-order valence-corrected chi connectivity index (χ4v) is 3.78. The zero-order valence-corrected chi connectivity index (χ0v) is 12.6. The summed E-state index contributed by atoms with van der Waals surface area (Å²) in [7, 11) is 0. The molecule has 3 heterocycles. The molecule has 2 aliphatic rings. The van der Waals surface area contributed by atoms with Gasteiger partial charge in [-0.1, -0.05) is 0 Å². The van der Waals surface area contributed by atoms with Gasteiger partial charge in [-0.2, -0.15) is 5.26 Å². The molecule has 1 amide bonds. The van der Waals surface area contributed by atoms with Crippen LogP contribution in [0.15, 0.2) is 6.20 Å². The molecule has 1 N–H and O–H groups in total. The molecule has 0 spiro atoms. The second kappa shape index (κ2) is 6.41. The van der Waals surface area contributed by atoms with Crippen molar-refractivity contribution in [2.75, 3.05) is 31.6 Å². The average Bonchev–Trinajstić information content (AvgIpc) is 3.17. The Morgan fingerprint density at radius 2 is 2.29 bits per heavy atom. The van der Waals surface area contributed by atoms with Crippen LogP contribution in [0.3, 0.4) is 0 Å². The lowest BCUT2D eigenvalue weighted by atomic mass is 9.99. The van der Waals surface area contributed by atoms with E-state index in [1.54, 1.807) is 16.2 Å². The highest BCUT2D eigenvalue weighted by molar-refractivity contribution is 7.15. The summed E-state index contributed by atoms with van der Waals surface area (Å²) >= 11 is 1.56. The van der Waals surface area contributed by atoms with Crippen LogP contribution in [0, 0.1) is 17.4 Å². The summed E-state index contributed by atoms with van der Waals surface area (Å²) in [6.07, 6.45) is 6.74. The third-order valence-electron chi connectivity index (χ3n) is 4.08. The molecular formula is C14H18N4O2S. The molecule has 7 heteroatoms. The Balaban J connectivity index is 1.57.